The number of aliphatic hydroxyl groups excluding tert-OH is 1. The van der Waals surface area contributed by atoms with Crippen LogP contribution in [-0.2, 0) is 23.7 Å². The van der Waals surface area contributed by atoms with Crippen molar-refractivity contribution in [3.63, 3.8) is 0 Å². The summed E-state index contributed by atoms with van der Waals surface area (Å²) in [6.45, 7) is 12.5. The maximum atomic E-state index is 12.7. The van der Waals surface area contributed by atoms with Gasteiger partial charge in [-0.15, -0.1) is 0 Å². The van der Waals surface area contributed by atoms with E-state index in [1.165, 1.54) is 37.4 Å². The SMILES string of the molecule is CC(C)OC1OC(OC(C)C)C(OC(C)C)C(O)C1OC(=O)c1cc(O)c(O)c(O)c1.COc1cc(C=O)ccc1O.Cc1cc(O)cc(O)c1.O=C(O)c1cc(O)c(O)c(O)c1.O=C(O)c1cc(O)ccc1O.Oc1cc(O)cc(O)c1. The molecular formula is C56H66O27. The number of carbonyl (C=O) groups is 4. The lowest BCUT2D eigenvalue weighted by Gasteiger charge is -2.44. The van der Waals surface area contributed by atoms with Crippen LogP contribution in [0, 0.1) is 6.92 Å². The molecule has 0 aromatic heterocycles. The van der Waals surface area contributed by atoms with Gasteiger partial charge in [0.1, 0.15) is 64.3 Å². The fraction of sp³-hybridized carbons (Fsp3) is 0.286. The van der Waals surface area contributed by atoms with Crippen LogP contribution in [0.5, 0.6) is 86.2 Å². The van der Waals surface area contributed by atoms with E-state index in [1.807, 2.05) is 0 Å². The van der Waals surface area contributed by atoms with E-state index in [2.05, 4.69) is 0 Å². The smallest absolute Gasteiger partial charge is 0.339 e. The Bertz CT molecular complexity index is 2910. The van der Waals surface area contributed by atoms with Crippen LogP contribution in [0.1, 0.15) is 88.5 Å². The van der Waals surface area contributed by atoms with Crippen LogP contribution in [0.25, 0.3) is 0 Å². The number of phenolic OH excluding ortho intramolecular Hbond substituents is 13. The molecule has 0 saturated carbocycles. The van der Waals surface area contributed by atoms with Gasteiger partial charge in [-0.2, -0.15) is 0 Å². The summed E-state index contributed by atoms with van der Waals surface area (Å²) in [5.74, 6) is -8.16. The third kappa shape index (κ3) is 23.1. The first-order valence-corrected chi connectivity index (χ1v) is 24.2. The number of methoxy groups -OCH3 is 1. The number of esters is 1. The van der Waals surface area contributed by atoms with Gasteiger partial charge >= 0.3 is 17.9 Å². The Morgan fingerprint density at radius 3 is 1.27 bits per heavy atom. The first kappa shape index (κ1) is 69.3. The lowest BCUT2D eigenvalue weighted by molar-refractivity contribution is -0.367. The molecule has 1 fully saturated rings. The quantitative estimate of drug-likeness (QED) is 0.0261. The van der Waals surface area contributed by atoms with Crippen molar-refractivity contribution >= 4 is 24.2 Å². The number of hydrogen-bond acceptors (Lipinski definition) is 25. The van der Waals surface area contributed by atoms with Crippen molar-refractivity contribution in [1.29, 1.82) is 0 Å². The average Bonchev–Trinajstić information content (AvgIpc) is 3.55. The molecule has 1 aliphatic heterocycles. The highest BCUT2D eigenvalue weighted by molar-refractivity contribution is 5.92. The highest BCUT2D eigenvalue weighted by Gasteiger charge is 2.50. The Labute approximate surface area is 473 Å². The Morgan fingerprint density at radius 2 is 0.892 bits per heavy atom. The molecule has 17 N–H and O–H groups in total. The number of phenols is 14. The number of aldehydes is 1. The third-order valence-corrected chi connectivity index (χ3v) is 10.1. The van der Waals surface area contributed by atoms with Crippen LogP contribution in [0.4, 0.5) is 0 Å². The van der Waals surface area contributed by atoms with Crippen molar-refractivity contribution in [2.24, 2.45) is 0 Å². The fourth-order valence-electron chi connectivity index (χ4n) is 6.56. The molecule has 0 radical (unpaired) electrons. The molecule has 1 heterocycles. The van der Waals surface area contributed by atoms with E-state index in [-0.39, 0.29) is 81.0 Å². The molecule has 7 rings (SSSR count). The monoisotopic (exact) mass is 1170 g/mol. The number of carbonyl (C=O) groups excluding carboxylic acids is 2. The van der Waals surface area contributed by atoms with Gasteiger partial charge in [-0.05, 0) is 127 Å². The average molecular weight is 1170 g/mol. The van der Waals surface area contributed by atoms with Crippen molar-refractivity contribution < 1.29 is 134 Å². The molecule has 0 aliphatic carbocycles. The number of hydrogen-bond donors (Lipinski definition) is 17. The van der Waals surface area contributed by atoms with E-state index in [1.54, 1.807) is 60.6 Å². The summed E-state index contributed by atoms with van der Waals surface area (Å²) in [5, 5.41) is 154. The topological polar surface area (TPSA) is 468 Å². The summed E-state index contributed by atoms with van der Waals surface area (Å²) < 4.78 is 33.3. The molecule has 83 heavy (non-hydrogen) atoms. The van der Waals surface area contributed by atoms with Gasteiger partial charge < -0.3 is 115 Å². The van der Waals surface area contributed by atoms with Gasteiger partial charge in [0.15, 0.2) is 58.4 Å². The molecule has 6 aromatic carbocycles. The van der Waals surface area contributed by atoms with E-state index in [4.69, 9.17) is 94.8 Å². The predicted molar refractivity (Wildman–Crippen MR) is 289 cm³/mol. The van der Waals surface area contributed by atoms with Crippen LogP contribution in [0.2, 0.25) is 0 Å². The number of ether oxygens (including phenoxy) is 6. The van der Waals surface area contributed by atoms with E-state index >= 15 is 0 Å². The minimum absolute atomic E-state index is 0.0399. The number of carboxylic acids is 2. The lowest BCUT2D eigenvalue weighted by atomic mass is 10.0. The zero-order valence-electron chi connectivity index (χ0n) is 45.6. The van der Waals surface area contributed by atoms with Gasteiger partial charge in [0, 0.05) is 29.8 Å². The van der Waals surface area contributed by atoms with E-state index < -0.39 is 83.3 Å². The number of aliphatic hydroxyl groups is 1. The highest BCUT2D eigenvalue weighted by Crippen LogP contribution is 2.38. The number of aromatic hydroxyl groups is 14. The standard InChI is InChI=1S/C21H32O10.C8H8O3.C7H6O5.C7H6O4.C7H8O2.C6H6O3/c1-9(2)27-17-16(25)18(21(29-11(5)6)31-20(17)28-10(3)4)30-19(26)12-7-13(22)15(24)14(23)8-12;1-11-8-4-6(5-9)2-3-7(8)10;8-4-1-3(7(11)12)2-5(9)6(4)10;8-4-1-2-6(9)5(3-4)7(10)11;1-5-2-6(8)4-7(9)3-5;7-4-1-5(8)3-6(9)2-4/h7-11,16-18,20-25H,1-6H3;2-5,10H,1H3;1-2,8-10H,(H,11,12);1-3,8-9H,(H,10,11);2-4,8-9H,1H3;1-3,7-9H. The number of aromatic carboxylic acids is 2. The molecule has 452 valence electrons. The molecule has 27 nitrogen and oxygen atoms in total. The molecular weight excluding hydrogens is 1100 g/mol. The summed E-state index contributed by atoms with van der Waals surface area (Å²) in [7, 11) is 1.43. The zero-order chi connectivity index (χ0) is 63.2. The van der Waals surface area contributed by atoms with Gasteiger partial charge in [-0.3, -0.25) is 4.79 Å². The maximum absolute atomic E-state index is 12.7. The molecule has 1 saturated heterocycles. The van der Waals surface area contributed by atoms with E-state index in [0.717, 1.165) is 60.2 Å². The van der Waals surface area contributed by atoms with Crippen molar-refractivity contribution in [3.8, 4) is 86.2 Å². The molecule has 0 amide bonds. The predicted octanol–water partition coefficient (Wildman–Crippen LogP) is 6.74. The maximum Gasteiger partial charge on any atom is 0.339 e. The second kappa shape index (κ2) is 32.5. The fourth-order valence-corrected chi connectivity index (χ4v) is 6.56. The Hall–Kier alpha value is -9.80. The van der Waals surface area contributed by atoms with E-state index in [0.29, 0.717) is 17.6 Å². The van der Waals surface area contributed by atoms with Gasteiger partial charge in [0.25, 0.3) is 0 Å². The number of benzene rings is 6. The van der Waals surface area contributed by atoms with Crippen molar-refractivity contribution in [2.45, 2.75) is 97.7 Å². The zero-order valence-corrected chi connectivity index (χ0v) is 45.6. The Morgan fingerprint density at radius 1 is 0.482 bits per heavy atom. The minimum Gasteiger partial charge on any atom is -0.508 e. The molecule has 27 heteroatoms. The molecule has 1 aliphatic rings. The lowest BCUT2D eigenvalue weighted by Crippen LogP contribution is -2.62. The second-order valence-electron chi connectivity index (χ2n) is 18.1. The molecule has 0 bridgehead atoms. The van der Waals surface area contributed by atoms with Crippen LogP contribution >= 0.6 is 0 Å². The number of aryl methyl sites for hydroxylation is 1. The largest absolute Gasteiger partial charge is 0.508 e. The van der Waals surface area contributed by atoms with E-state index in [9.17, 15) is 39.6 Å². The van der Waals surface area contributed by atoms with Gasteiger partial charge in [0.05, 0.1) is 36.5 Å². The summed E-state index contributed by atoms with van der Waals surface area (Å²) in [6.07, 6.45) is -5.95. The van der Waals surface area contributed by atoms with Crippen molar-refractivity contribution in [1.82, 2.24) is 0 Å². The summed E-state index contributed by atoms with van der Waals surface area (Å²) in [5.41, 5.74) is 0.505. The summed E-state index contributed by atoms with van der Waals surface area (Å²) in [4.78, 5) is 43.5. The molecule has 5 unspecified atom stereocenters. The van der Waals surface area contributed by atoms with Crippen LogP contribution < -0.4 is 4.74 Å². The number of rotatable bonds is 12. The van der Waals surface area contributed by atoms with Crippen molar-refractivity contribution in [2.75, 3.05) is 7.11 Å². The van der Waals surface area contributed by atoms with Gasteiger partial charge in [0.2, 0.25) is 6.29 Å². The Balaban J connectivity index is 0.000000373. The summed E-state index contributed by atoms with van der Waals surface area (Å²) in [6, 6.07) is 19.2. The molecule has 6 aromatic rings. The number of carboxylic acid groups (broad SMARTS) is 2. The first-order valence-electron chi connectivity index (χ1n) is 24.2. The minimum atomic E-state index is -1.37. The van der Waals surface area contributed by atoms with Crippen LogP contribution in [-0.4, -0.2) is 167 Å². The van der Waals surface area contributed by atoms with Gasteiger partial charge in [-0.25, -0.2) is 14.4 Å². The highest BCUT2D eigenvalue weighted by atomic mass is 16.8. The van der Waals surface area contributed by atoms with Crippen molar-refractivity contribution in [3.05, 3.63) is 125 Å². The molecule has 5 atom stereocenters. The Kier molecular flexibility index (Phi) is 27.1. The van der Waals surface area contributed by atoms with Gasteiger partial charge in [-0.1, -0.05) is 0 Å². The van der Waals surface area contributed by atoms with Crippen LogP contribution in [0.3, 0.4) is 0 Å². The second-order valence-corrected chi connectivity index (χ2v) is 18.1. The molecule has 0 spiro atoms. The normalized spacial score (nSPS) is 15.8. The van der Waals surface area contributed by atoms with Crippen LogP contribution in [0.15, 0.2) is 97.1 Å². The summed E-state index contributed by atoms with van der Waals surface area (Å²) >= 11 is 0. The third-order valence-electron chi connectivity index (χ3n) is 10.1. The first-order chi connectivity index (χ1) is 38.7.